The Labute approximate surface area is 146 Å². The number of carbonyl (C=O) groups excluding carboxylic acids is 3. The fourth-order valence-corrected chi connectivity index (χ4v) is 2.76. The Kier molecular flexibility index (Phi) is 5.70. The molecule has 0 N–H and O–H groups in total. The van der Waals surface area contributed by atoms with Crippen LogP contribution in [0, 0.1) is 0 Å². The van der Waals surface area contributed by atoms with Crippen molar-refractivity contribution in [2.24, 2.45) is 0 Å². The van der Waals surface area contributed by atoms with Gasteiger partial charge in [-0.3, -0.25) is 14.4 Å². The van der Waals surface area contributed by atoms with E-state index in [2.05, 4.69) is 0 Å². The maximum Gasteiger partial charge on any atom is 0.308 e. The van der Waals surface area contributed by atoms with E-state index in [1.54, 1.807) is 12.1 Å². The summed E-state index contributed by atoms with van der Waals surface area (Å²) in [5.41, 5.74) is 0.983. The Bertz CT molecular complexity index is 877. The smallest absolute Gasteiger partial charge is 0.308 e. The number of esters is 2. The number of hydrogen-bond acceptors (Lipinski definition) is 5. The van der Waals surface area contributed by atoms with Crippen LogP contribution in [0.15, 0.2) is 36.4 Å². The normalized spacial score (nSPS) is 10.9. The molecule has 2 aromatic rings. The number of ketones is 1. The van der Waals surface area contributed by atoms with Crippen molar-refractivity contribution in [3.63, 3.8) is 0 Å². The quantitative estimate of drug-likeness (QED) is 0.356. The monoisotopic (exact) mass is 340 g/mol. The van der Waals surface area contributed by atoms with Crippen molar-refractivity contribution in [1.29, 1.82) is 0 Å². The summed E-state index contributed by atoms with van der Waals surface area (Å²) in [5, 5.41) is 1.39. The second kappa shape index (κ2) is 7.75. The minimum absolute atomic E-state index is 0.00611. The van der Waals surface area contributed by atoms with E-state index in [-0.39, 0.29) is 22.8 Å². The Balaban J connectivity index is 2.98. The Morgan fingerprint density at radius 3 is 2.00 bits per heavy atom. The van der Waals surface area contributed by atoms with Crippen molar-refractivity contribution in [2.45, 2.75) is 34.1 Å². The highest BCUT2D eigenvalue weighted by Gasteiger charge is 2.25. The van der Waals surface area contributed by atoms with Crippen molar-refractivity contribution in [3.8, 4) is 11.5 Å². The molecule has 0 aliphatic rings. The van der Waals surface area contributed by atoms with Gasteiger partial charge in [0.25, 0.3) is 0 Å². The second-order valence-corrected chi connectivity index (χ2v) is 5.57. The number of rotatable bonds is 5. The van der Waals surface area contributed by atoms with Gasteiger partial charge >= 0.3 is 11.9 Å². The molecule has 0 heterocycles. The fourth-order valence-electron chi connectivity index (χ4n) is 2.76. The van der Waals surface area contributed by atoms with Crippen LogP contribution in [-0.4, -0.2) is 17.7 Å². The van der Waals surface area contributed by atoms with Crippen LogP contribution >= 0.6 is 0 Å². The molecule has 25 heavy (non-hydrogen) atoms. The van der Waals surface area contributed by atoms with Gasteiger partial charge < -0.3 is 9.47 Å². The summed E-state index contributed by atoms with van der Waals surface area (Å²) >= 11 is 0. The van der Waals surface area contributed by atoms with Gasteiger partial charge in [0.15, 0.2) is 17.3 Å². The van der Waals surface area contributed by atoms with E-state index < -0.39 is 11.9 Å². The SMILES string of the molecule is CC=CCc1c(C(C)=O)c(OC(C)=O)c(OC(C)=O)c2ccccc12. The van der Waals surface area contributed by atoms with Gasteiger partial charge in [0.05, 0.1) is 5.56 Å². The highest BCUT2D eigenvalue weighted by Crippen LogP contribution is 2.43. The highest BCUT2D eigenvalue weighted by atomic mass is 16.6. The van der Waals surface area contributed by atoms with Gasteiger partial charge in [-0.05, 0) is 31.2 Å². The van der Waals surface area contributed by atoms with Crippen molar-refractivity contribution >= 4 is 28.5 Å². The third-order valence-corrected chi connectivity index (χ3v) is 3.63. The third-order valence-electron chi connectivity index (χ3n) is 3.63. The summed E-state index contributed by atoms with van der Waals surface area (Å²) in [6, 6.07) is 7.25. The van der Waals surface area contributed by atoms with E-state index in [9.17, 15) is 14.4 Å². The lowest BCUT2D eigenvalue weighted by molar-refractivity contribution is -0.134. The molecule has 130 valence electrons. The molecule has 0 aliphatic carbocycles. The number of Topliss-reactive ketones (excluding diaryl/α,β-unsaturated/α-hetero) is 1. The standard InChI is InChI=1S/C20H20O5/c1-5-6-9-16-15-10-7-8-11-17(15)19(24-13(3)22)20(25-14(4)23)18(16)12(2)21/h5-8,10-11H,9H2,1-4H3. The number of fused-ring (bicyclic) bond motifs is 1. The molecule has 2 aromatic carbocycles. The number of carbonyl (C=O) groups is 3. The molecular formula is C20H20O5. The van der Waals surface area contributed by atoms with Crippen molar-refractivity contribution in [1.82, 2.24) is 0 Å². The first-order chi connectivity index (χ1) is 11.9. The van der Waals surface area contributed by atoms with Gasteiger partial charge in [-0.15, -0.1) is 0 Å². The van der Waals surface area contributed by atoms with Crippen LogP contribution in [-0.2, 0) is 16.0 Å². The van der Waals surface area contributed by atoms with Gasteiger partial charge in [0.1, 0.15) is 0 Å². The summed E-state index contributed by atoms with van der Waals surface area (Å²) in [4.78, 5) is 35.5. The number of ether oxygens (including phenoxy) is 2. The third kappa shape index (κ3) is 3.94. The maximum atomic E-state index is 12.4. The summed E-state index contributed by atoms with van der Waals surface area (Å²) in [7, 11) is 0. The number of benzene rings is 2. The van der Waals surface area contributed by atoms with Gasteiger partial charge in [-0.25, -0.2) is 0 Å². The van der Waals surface area contributed by atoms with Gasteiger partial charge in [0.2, 0.25) is 0 Å². The van der Waals surface area contributed by atoms with Crippen LogP contribution in [0.2, 0.25) is 0 Å². The van der Waals surface area contributed by atoms with Crippen LogP contribution in [0.3, 0.4) is 0 Å². The van der Waals surface area contributed by atoms with Gasteiger partial charge in [0, 0.05) is 19.2 Å². The number of hydrogen-bond donors (Lipinski definition) is 0. The number of allylic oxidation sites excluding steroid dienone is 2. The van der Waals surface area contributed by atoms with Crippen LogP contribution in [0.4, 0.5) is 0 Å². The Morgan fingerprint density at radius 2 is 1.48 bits per heavy atom. The van der Waals surface area contributed by atoms with Crippen LogP contribution in [0.25, 0.3) is 10.8 Å². The zero-order valence-electron chi connectivity index (χ0n) is 14.7. The minimum atomic E-state index is -0.594. The molecular weight excluding hydrogens is 320 g/mol. The Morgan fingerprint density at radius 1 is 0.920 bits per heavy atom. The zero-order valence-corrected chi connectivity index (χ0v) is 14.7. The van der Waals surface area contributed by atoms with E-state index in [0.717, 1.165) is 10.9 Å². The van der Waals surface area contributed by atoms with Crippen molar-refractivity contribution in [2.75, 3.05) is 0 Å². The van der Waals surface area contributed by atoms with E-state index in [4.69, 9.17) is 9.47 Å². The molecule has 0 aliphatic heterocycles. The van der Waals surface area contributed by atoms with Gasteiger partial charge in [-0.2, -0.15) is 0 Å². The molecule has 5 heteroatoms. The molecule has 0 saturated heterocycles. The van der Waals surface area contributed by atoms with Crippen LogP contribution < -0.4 is 9.47 Å². The molecule has 0 fully saturated rings. The minimum Gasteiger partial charge on any atom is -0.422 e. The molecule has 2 rings (SSSR count). The molecule has 5 nitrogen and oxygen atoms in total. The van der Waals surface area contributed by atoms with E-state index >= 15 is 0 Å². The summed E-state index contributed by atoms with van der Waals surface area (Å²) < 4.78 is 10.6. The van der Waals surface area contributed by atoms with Crippen LogP contribution in [0.1, 0.15) is 43.6 Å². The Hall–Kier alpha value is -2.95. The molecule has 0 aromatic heterocycles. The average Bonchev–Trinajstić information content (AvgIpc) is 2.54. The fraction of sp³-hybridized carbons (Fsp3) is 0.250. The summed E-state index contributed by atoms with van der Waals surface area (Å²) in [6.07, 6.45) is 4.28. The van der Waals surface area contributed by atoms with Crippen molar-refractivity contribution in [3.05, 3.63) is 47.5 Å². The predicted octanol–water partition coefficient (Wildman–Crippen LogP) is 4.01. The van der Waals surface area contributed by atoms with Crippen LogP contribution in [0.5, 0.6) is 11.5 Å². The van der Waals surface area contributed by atoms with E-state index in [1.165, 1.54) is 20.8 Å². The molecule has 0 bridgehead atoms. The average molecular weight is 340 g/mol. The first-order valence-corrected chi connectivity index (χ1v) is 7.93. The van der Waals surface area contributed by atoms with Crippen molar-refractivity contribution < 1.29 is 23.9 Å². The van der Waals surface area contributed by atoms with E-state index in [0.29, 0.717) is 11.8 Å². The summed E-state index contributed by atoms with van der Waals surface area (Å²) in [6.45, 7) is 5.78. The topological polar surface area (TPSA) is 69.7 Å². The largest absolute Gasteiger partial charge is 0.422 e. The molecule has 0 amide bonds. The lowest BCUT2D eigenvalue weighted by Gasteiger charge is -2.19. The summed E-state index contributed by atoms with van der Waals surface area (Å²) in [5.74, 6) is -1.34. The molecule has 0 atom stereocenters. The zero-order chi connectivity index (χ0) is 18.6. The molecule has 0 unspecified atom stereocenters. The highest BCUT2D eigenvalue weighted by molar-refractivity contribution is 6.08. The second-order valence-electron chi connectivity index (χ2n) is 5.57. The molecule has 0 spiro atoms. The first kappa shape index (κ1) is 18.4. The predicted molar refractivity (Wildman–Crippen MR) is 95.1 cm³/mol. The molecule has 0 saturated carbocycles. The first-order valence-electron chi connectivity index (χ1n) is 7.93. The maximum absolute atomic E-state index is 12.4. The molecule has 0 radical (unpaired) electrons. The lowest BCUT2D eigenvalue weighted by Crippen LogP contribution is -2.13. The lowest BCUT2D eigenvalue weighted by atomic mass is 9.92. The van der Waals surface area contributed by atoms with Gasteiger partial charge in [-0.1, -0.05) is 36.4 Å². The van der Waals surface area contributed by atoms with E-state index in [1.807, 2.05) is 31.2 Å².